The van der Waals surface area contributed by atoms with Crippen LogP contribution in [0.1, 0.15) is 6.92 Å². The van der Waals surface area contributed by atoms with Gasteiger partial charge >= 0.3 is 5.97 Å². The number of hydrogen-bond donors (Lipinski definition) is 2. The average molecular weight is 307 g/mol. The Bertz CT molecular complexity index is 416. The molecule has 1 aromatic rings. The molecule has 2 N–H and O–H groups in total. The summed E-state index contributed by atoms with van der Waals surface area (Å²) in [6.07, 6.45) is 0. The monoisotopic (exact) mass is 305 g/mol. The second-order valence-electron chi connectivity index (χ2n) is 3.21. The SMILES string of the molecule is C[C@H](C(=O)O)C(=O)Nc1cc(Cl)cc(Br)c1. The highest BCUT2D eigenvalue weighted by molar-refractivity contribution is 9.10. The summed E-state index contributed by atoms with van der Waals surface area (Å²) in [4.78, 5) is 22.0. The van der Waals surface area contributed by atoms with Crippen molar-refractivity contribution in [2.24, 2.45) is 5.92 Å². The molecule has 0 aromatic heterocycles. The first kappa shape index (κ1) is 13.0. The Balaban J connectivity index is 2.81. The van der Waals surface area contributed by atoms with Gasteiger partial charge in [-0.1, -0.05) is 27.5 Å². The predicted molar refractivity (Wildman–Crippen MR) is 64.6 cm³/mol. The molecule has 1 amide bonds. The zero-order chi connectivity index (χ0) is 12.3. The number of carbonyl (C=O) groups is 2. The highest BCUT2D eigenvalue weighted by Crippen LogP contribution is 2.23. The maximum atomic E-state index is 11.4. The van der Waals surface area contributed by atoms with Crippen molar-refractivity contribution in [3.63, 3.8) is 0 Å². The summed E-state index contributed by atoms with van der Waals surface area (Å²) in [5.41, 5.74) is 0.456. The Morgan fingerprint density at radius 2 is 2.06 bits per heavy atom. The van der Waals surface area contributed by atoms with Crippen LogP contribution in [0, 0.1) is 5.92 Å². The molecule has 0 radical (unpaired) electrons. The second kappa shape index (κ2) is 5.32. The van der Waals surface area contributed by atoms with E-state index in [2.05, 4.69) is 21.2 Å². The van der Waals surface area contributed by atoms with Crippen LogP contribution < -0.4 is 5.32 Å². The van der Waals surface area contributed by atoms with Gasteiger partial charge in [-0.3, -0.25) is 9.59 Å². The minimum absolute atomic E-state index is 0.452. The van der Waals surface area contributed by atoms with Crippen molar-refractivity contribution < 1.29 is 14.7 Å². The molecule has 6 heteroatoms. The van der Waals surface area contributed by atoms with E-state index in [1.165, 1.54) is 6.92 Å². The number of carbonyl (C=O) groups excluding carboxylic acids is 1. The Morgan fingerprint density at radius 3 is 2.56 bits per heavy atom. The Morgan fingerprint density at radius 1 is 1.44 bits per heavy atom. The van der Waals surface area contributed by atoms with Gasteiger partial charge in [0.2, 0.25) is 5.91 Å². The standard InChI is InChI=1S/C10H9BrClNO3/c1-5(10(15)16)9(14)13-8-3-6(11)2-7(12)4-8/h2-5H,1H3,(H,13,14)(H,15,16)/t5-/m0/s1. The molecule has 0 aliphatic rings. The molecule has 16 heavy (non-hydrogen) atoms. The number of carboxylic acids is 1. The van der Waals surface area contributed by atoms with E-state index in [9.17, 15) is 9.59 Å². The van der Waals surface area contributed by atoms with Crippen molar-refractivity contribution in [1.82, 2.24) is 0 Å². The molecule has 0 spiro atoms. The summed E-state index contributed by atoms with van der Waals surface area (Å²) in [5, 5.41) is 11.6. The molecule has 0 unspecified atom stereocenters. The van der Waals surface area contributed by atoms with Crippen molar-refractivity contribution in [3.05, 3.63) is 27.7 Å². The number of benzene rings is 1. The fourth-order valence-corrected chi connectivity index (χ4v) is 1.85. The largest absolute Gasteiger partial charge is 0.481 e. The van der Waals surface area contributed by atoms with Crippen molar-refractivity contribution in [2.75, 3.05) is 5.32 Å². The minimum Gasteiger partial charge on any atom is -0.481 e. The fourth-order valence-electron chi connectivity index (χ4n) is 0.989. The number of hydrogen-bond acceptors (Lipinski definition) is 2. The average Bonchev–Trinajstić information content (AvgIpc) is 2.14. The molecule has 1 aromatic carbocycles. The van der Waals surface area contributed by atoms with E-state index in [4.69, 9.17) is 16.7 Å². The molecule has 0 aliphatic heterocycles. The van der Waals surface area contributed by atoms with Crippen LogP contribution in [0.4, 0.5) is 5.69 Å². The van der Waals surface area contributed by atoms with Crippen LogP contribution in [-0.4, -0.2) is 17.0 Å². The molecular formula is C10H9BrClNO3. The van der Waals surface area contributed by atoms with Crippen LogP contribution in [0.3, 0.4) is 0 Å². The molecule has 0 fully saturated rings. The quantitative estimate of drug-likeness (QED) is 0.844. The zero-order valence-corrected chi connectivity index (χ0v) is 10.7. The van der Waals surface area contributed by atoms with Crippen LogP contribution in [0.25, 0.3) is 0 Å². The Kier molecular flexibility index (Phi) is 4.32. The van der Waals surface area contributed by atoms with Gasteiger partial charge in [0.25, 0.3) is 0 Å². The lowest BCUT2D eigenvalue weighted by Crippen LogP contribution is -2.26. The molecule has 4 nitrogen and oxygen atoms in total. The van der Waals surface area contributed by atoms with Gasteiger partial charge < -0.3 is 10.4 Å². The smallest absolute Gasteiger partial charge is 0.315 e. The number of rotatable bonds is 3. The van der Waals surface area contributed by atoms with E-state index in [-0.39, 0.29) is 0 Å². The third-order valence-corrected chi connectivity index (χ3v) is 2.57. The van der Waals surface area contributed by atoms with E-state index in [0.29, 0.717) is 15.2 Å². The van der Waals surface area contributed by atoms with Crippen molar-refractivity contribution in [3.8, 4) is 0 Å². The first-order valence-corrected chi connectivity index (χ1v) is 5.57. The molecule has 0 heterocycles. The van der Waals surface area contributed by atoms with E-state index in [1.807, 2.05) is 0 Å². The normalized spacial score (nSPS) is 11.9. The highest BCUT2D eigenvalue weighted by Gasteiger charge is 2.20. The van der Waals surface area contributed by atoms with E-state index < -0.39 is 17.8 Å². The first-order valence-electron chi connectivity index (χ1n) is 4.40. The topological polar surface area (TPSA) is 66.4 Å². The number of anilines is 1. The molecular weight excluding hydrogens is 297 g/mol. The molecule has 0 bridgehead atoms. The van der Waals surface area contributed by atoms with Crippen LogP contribution >= 0.6 is 27.5 Å². The van der Waals surface area contributed by atoms with Crippen molar-refractivity contribution in [2.45, 2.75) is 6.92 Å². The molecule has 1 rings (SSSR count). The molecule has 86 valence electrons. The summed E-state index contributed by atoms with van der Waals surface area (Å²) >= 11 is 8.99. The summed E-state index contributed by atoms with van der Waals surface area (Å²) in [6, 6.07) is 4.84. The van der Waals surface area contributed by atoms with Crippen LogP contribution in [0.2, 0.25) is 5.02 Å². The van der Waals surface area contributed by atoms with E-state index >= 15 is 0 Å². The van der Waals surface area contributed by atoms with Gasteiger partial charge in [0.05, 0.1) is 0 Å². The molecule has 0 saturated heterocycles. The Labute approximate surface area is 106 Å². The van der Waals surface area contributed by atoms with Gasteiger partial charge in [-0.2, -0.15) is 0 Å². The highest BCUT2D eigenvalue weighted by atomic mass is 79.9. The van der Waals surface area contributed by atoms with Crippen molar-refractivity contribution >= 4 is 45.1 Å². The Hall–Kier alpha value is -1.07. The number of halogens is 2. The fraction of sp³-hybridized carbons (Fsp3) is 0.200. The zero-order valence-electron chi connectivity index (χ0n) is 8.33. The van der Waals surface area contributed by atoms with Crippen molar-refractivity contribution in [1.29, 1.82) is 0 Å². The van der Waals surface area contributed by atoms with Gasteiger partial charge in [-0.15, -0.1) is 0 Å². The first-order chi connectivity index (χ1) is 7.40. The maximum absolute atomic E-state index is 11.4. The lowest BCUT2D eigenvalue weighted by Gasteiger charge is -2.08. The molecule has 0 saturated carbocycles. The number of aliphatic carboxylic acids is 1. The lowest BCUT2D eigenvalue weighted by atomic mass is 10.1. The lowest BCUT2D eigenvalue weighted by molar-refractivity contribution is -0.144. The summed E-state index contributed by atoms with van der Waals surface area (Å²) in [6.45, 7) is 1.32. The molecule has 1 atom stereocenters. The summed E-state index contributed by atoms with van der Waals surface area (Å²) in [7, 11) is 0. The number of carboxylic acid groups (broad SMARTS) is 1. The van der Waals surface area contributed by atoms with Gasteiger partial charge in [0.1, 0.15) is 5.92 Å². The van der Waals surface area contributed by atoms with Crippen LogP contribution in [-0.2, 0) is 9.59 Å². The molecule has 0 aliphatic carbocycles. The van der Waals surface area contributed by atoms with Gasteiger partial charge in [0.15, 0.2) is 0 Å². The predicted octanol–water partition coefficient (Wildman–Crippen LogP) is 2.76. The third-order valence-electron chi connectivity index (χ3n) is 1.89. The maximum Gasteiger partial charge on any atom is 0.315 e. The van der Waals surface area contributed by atoms with Gasteiger partial charge in [0, 0.05) is 15.2 Å². The summed E-state index contributed by atoms with van der Waals surface area (Å²) < 4.78 is 0.707. The number of nitrogens with one attached hydrogen (secondary N) is 1. The van der Waals surface area contributed by atoms with Crippen LogP contribution in [0.15, 0.2) is 22.7 Å². The van der Waals surface area contributed by atoms with E-state index in [0.717, 1.165) is 0 Å². The number of amides is 1. The second-order valence-corrected chi connectivity index (χ2v) is 4.56. The minimum atomic E-state index is -1.17. The summed E-state index contributed by atoms with van der Waals surface area (Å²) in [5.74, 6) is -2.85. The van der Waals surface area contributed by atoms with Crippen LogP contribution in [0.5, 0.6) is 0 Å². The van der Waals surface area contributed by atoms with E-state index in [1.54, 1.807) is 18.2 Å². The van der Waals surface area contributed by atoms with Gasteiger partial charge in [-0.25, -0.2) is 0 Å². The third kappa shape index (κ3) is 3.50. The van der Waals surface area contributed by atoms with Gasteiger partial charge in [-0.05, 0) is 25.1 Å².